The lowest BCUT2D eigenvalue weighted by molar-refractivity contribution is -0.243. The summed E-state index contributed by atoms with van der Waals surface area (Å²) in [6.45, 7) is 9.47. The fourth-order valence-electron chi connectivity index (χ4n) is 15.9. The molecule has 1 unspecified atom stereocenters. The summed E-state index contributed by atoms with van der Waals surface area (Å²) in [5, 5.41) is 10.2. The Morgan fingerprint density at radius 3 is 1.18 bits per heavy atom. The zero-order valence-corrected chi connectivity index (χ0v) is 70.2. The Balaban J connectivity index is 1.11. The van der Waals surface area contributed by atoms with Crippen LogP contribution in [0.3, 0.4) is 0 Å². The van der Waals surface area contributed by atoms with Crippen molar-refractivity contribution in [3.63, 3.8) is 0 Å². The first kappa shape index (κ1) is 94.1. The van der Waals surface area contributed by atoms with Crippen LogP contribution in [0, 0.1) is 12.8 Å². The number of unbranched alkanes of at least 4 members (excludes halogenated alkanes) is 45. The molecule has 4 aromatic carbocycles. The number of carbonyl (C=O) groups excluding carboxylic acids is 2. The number of hydrogen-bond donors (Lipinski definition) is 2. The van der Waals surface area contributed by atoms with E-state index in [1.165, 1.54) is 261 Å². The maximum atomic E-state index is 14.3. The Hall–Kier alpha value is -6.75. The molecule has 2 N–H and O–H groups in total. The Morgan fingerprint density at radius 2 is 0.821 bits per heavy atom. The van der Waals surface area contributed by atoms with E-state index >= 15 is 0 Å². The van der Waals surface area contributed by atoms with Crippen LogP contribution in [0.15, 0.2) is 119 Å². The second-order valence-corrected chi connectivity index (χ2v) is 32.1. The number of nitrogens with one attached hydrogen (secondary N) is 1. The lowest BCUT2D eigenvalue weighted by Gasteiger charge is -2.50. The summed E-state index contributed by atoms with van der Waals surface area (Å²) in [4.78, 5) is 83.3. The van der Waals surface area contributed by atoms with Crippen molar-refractivity contribution < 1.29 is 52.9 Å². The minimum Gasteiger partial charge on any atom is -0.490 e. The number of benzene rings is 4. The summed E-state index contributed by atoms with van der Waals surface area (Å²) in [6.07, 6.45) is 59.8. The summed E-state index contributed by atoms with van der Waals surface area (Å²) in [6, 6.07) is 33.4. The smallest absolute Gasteiger partial charge is 0.373 e. The average Bonchev–Trinajstić information content (AvgIpc) is 0.730. The molecule has 16 nitrogen and oxygen atoms in total. The van der Waals surface area contributed by atoms with Crippen LogP contribution in [0.25, 0.3) is 0 Å². The number of esters is 1. The number of nitrogens with zero attached hydrogens (tertiary/aromatic N) is 2. The third-order valence-corrected chi connectivity index (χ3v) is 22.5. The summed E-state index contributed by atoms with van der Waals surface area (Å²) in [5.41, 5.74) is 1.07. The quantitative estimate of drug-likeness (QED) is 0.0123. The van der Waals surface area contributed by atoms with Gasteiger partial charge in [0.25, 0.3) is 5.56 Å². The van der Waals surface area contributed by atoms with Gasteiger partial charge in [0.2, 0.25) is 5.75 Å². The monoisotopic (exact) mass is 1550 g/mol. The van der Waals surface area contributed by atoms with Gasteiger partial charge in [0.15, 0.2) is 17.7 Å². The Morgan fingerprint density at radius 1 is 0.473 bits per heavy atom. The number of aromatic nitrogens is 2. The van der Waals surface area contributed by atoms with Crippen molar-refractivity contribution in [2.75, 3.05) is 46.1 Å². The van der Waals surface area contributed by atoms with Crippen molar-refractivity contribution in [3.8, 4) is 17.2 Å². The van der Waals surface area contributed by atoms with Crippen LogP contribution in [0.4, 0.5) is 0 Å². The van der Waals surface area contributed by atoms with Gasteiger partial charge in [-0.1, -0.05) is 401 Å². The number of aromatic amines is 1. The first-order valence-corrected chi connectivity index (χ1v) is 45.2. The predicted octanol–water partition coefficient (Wildman–Crippen LogP) is 24.8. The van der Waals surface area contributed by atoms with Crippen LogP contribution < -0.4 is 25.5 Å². The van der Waals surface area contributed by atoms with E-state index in [0.29, 0.717) is 42.6 Å². The van der Waals surface area contributed by atoms with Gasteiger partial charge >= 0.3 is 23.6 Å². The summed E-state index contributed by atoms with van der Waals surface area (Å²) in [5.74, 6) is -2.80. The molecule has 1 aliphatic rings. The van der Waals surface area contributed by atoms with Crippen molar-refractivity contribution in [3.05, 3.63) is 158 Å². The second-order valence-electron chi connectivity index (χ2n) is 32.1. The molecule has 3 atom stereocenters. The minimum absolute atomic E-state index is 0.134. The molecule has 1 aromatic heterocycles. The number of aliphatic carboxylic acids is 1. The molecule has 0 spiro atoms. The SMILES string of the molecule is CCCCCCCCCCCCCCCCCCOc1cc(C(=O)OOCCC(CC(=O)O)C(=O)OC[C@@H]2CN(C(c3ccccc3)(c3ccccc3)c3ccccc3)C[C@H](n3cc(C)c(=O)[nH]c3=O)O2)cc(OCCCCCCCCCCCCCCCCCC)c1OCCCCCCCCCCCCCCCCCC. The number of ether oxygens (including phenoxy) is 5. The molecule has 16 heteroatoms. The Bertz CT molecular complexity index is 3190. The van der Waals surface area contributed by atoms with Gasteiger partial charge in [-0.25, -0.2) is 9.59 Å². The molecule has 1 fully saturated rings. The number of rotatable bonds is 69. The molecule has 626 valence electrons. The zero-order chi connectivity index (χ0) is 79.6. The van der Waals surface area contributed by atoms with E-state index in [4.69, 9.17) is 33.5 Å². The number of carboxylic acids is 1. The van der Waals surface area contributed by atoms with Crippen LogP contribution in [0.5, 0.6) is 17.2 Å². The molecule has 0 amide bonds. The highest BCUT2D eigenvalue weighted by atomic mass is 17.2. The van der Waals surface area contributed by atoms with Gasteiger partial charge < -0.3 is 28.8 Å². The van der Waals surface area contributed by atoms with Crippen molar-refractivity contribution in [1.82, 2.24) is 14.5 Å². The van der Waals surface area contributed by atoms with Crippen molar-refractivity contribution in [2.24, 2.45) is 5.92 Å². The third-order valence-electron chi connectivity index (χ3n) is 22.5. The molecule has 0 bridgehead atoms. The van der Waals surface area contributed by atoms with Crippen LogP contribution >= 0.6 is 0 Å². The van der Waals surface area contributed by atoms with Crippen LogP contribution in [0.2, 0.25) is 0 Å². The van der Waals surface area contributed by atoms with Gasteiger partial charge in [-0.05, 0) is 61.4 Å². The fourth-order valence-corrected chi connectivity index (χ4v) is 15.9. The van der Waals surface area contributed by atoms with Gasteiger partial charge in [-0.2, -0.15) is 4.89 Å². The molecule has 0 aliphatic carbocycles. The Labute approximate surface area is 675 Å². The summed E-state index contributed by atoms with van der Waals surface area (Å²) in [7, 11) is 0. The number of hydrogen-bond acceptors (Lipinski definition) is 13. The average molecular weight is 1550 g/mol. The normalized spacial score (nSPS) is 14.1. The minimum atomic E-state index is -1.23. The van der Waals surface area contributed by atoms with Gasteiger partial charge in [-0.3, -0.25) is 33.7 Å². The topological polar surface area (TPSA) is 194 Å². The lowest BCUT2D eigenvalue weighted by Crippen LogP contribution is -2.58. The van der Waals surface area contributed by atoms with E-state index in [1.54, 1.807) is 19.1 Å². The van der Waals surface area contributed by atoms with Gasteiger partial charge in [-0.15, -0.1) is 0 Å². The largest absolute Gasteiger partial charge is 0.490 e. The van der Waals surface area contributed by atoms with Crippen molar-refractivity contribution >= 4 is 17.9 Å². The number of morpholine rings is 1. The lowest BCUT2D eigenvalue weighted by atomic mass is 9.75. The molecular formula is C96H149N3O13. The molecule has 6 rings (SSSR count). The molecule has 5 aromatic rings. The molecule has 0 saturated carbocycles. The predicted molar refractivity (Wildman–Crippen MR) is 455 cm³/mol. The highest BCUT2D eigenvalue weighted by molar-refractivity contribution is 5.91. The number of aryl methyl sites for hydroxylation is 1. The third kappa shape index (κ3) is 37.2. The van der Waals surface area contributed by atoms with E-state index in [9.17, 15) is 29.1 Å². The van der Waals surface area contributed by atoms with E-state index in [2.05, 4.69) is 67.1 Å². The molecule has 2 heterocycles. The van der Waals surface area contributed by atoms with E-state index in [-0.39, 0.29) is 38.3 Å². The highest BCUT2D eigenvalue weighted by Crippen LogP contribution is 2.45. The summed E-state index contributed by atoms with van der Waals surface area (Å²) < 4.78 is 34.0. The van der Waals surface area contributed by atoms with Crippen LogP contribution in [-0.2, 0) is 34.4 Å². The number of carbonyl (C=O) groups is 3. The standard InChI is InChI=1S/C96H149N3O13/c1-5-8-11-14-17-20-23-26-29-32-35-38-41-44-47-59-69-106-87-73-82(74-88(107-70-60-48-45-42-39-36-33-30-27-24-21-18-15-12-9-6-2)91(87)108-71-61-49-46-43-40-37-34-31-28-25-22-19-16-13-10-7-3)94(104)112-110-72-68-81(75-90(100)101)93(103)109-79-86-77-98(78-89(111-86)99-76-80(4)92(102)97-95(99)105)96(83-62-53-50-54-63-83,84-64-55-51-56-65-84)85-66-57-52-58-67-85/h50-58,62-67,73-74,76,81,86,89H,5-49,59-61,68-72,75,77-79H2,1-4H3,(H,100,101)(H,97,102,105)/t81?,86-,89+/m0/s1. The van der Waals surface area contributed by atoms with Gasteiger partial charge in [0, 0.05) is 24.8 Å². The zero-order valence-electron chi connectivity index (χ0n) is 70.2. The maximum Gasteiger partial charge on any atom is 0.373 e. The molecule has 1 aliphatic heterocycles. The van der Waals surface area contributed by atoms with Crippen LogP contribution in [0.1, 0.15) is 381 Å². The Kier molecular flexibility index (Phi) is 50.3. The molecule has 1 saturated heterocycles. The van der Waals surface area contributed by atoms with E-state index in [1.807, 2.05) is 54.6 Å². The fraction of sp³-hybridized carbons (Fsp3) is 0.677. The van der Waals surface area contributed by atoms with Crippen LogP contribution in [-0.4, -0.2) is 89.7 Å². The number of H-pyrrole nitrogens is 1. The first-order valence-electron chi connectivity index (χ1n) is 45.2. The number of carboxylic acid groups (broad SMARTS) is 1. The maximum absolute atomic E-state index is 14.3. The molecule has 0 radical (unpaired) electrons. The van der Waals surface area contributed by atoms with Gasteiger partial charge in [0.1, 0.15) is 12.7 Å². The van der Waals surface area contributed by atoms with Gasteiger partial charge in [0.05, 0.1) is 49.9 Å². The molecular weight excluding hydrogens is 1400 g/mol. The first-order chi connectivity index (χ1) is 55.0. The highest BCUT2D eigenvalue weighted by Gasteiger charge is 2.47. The van der Waals surface area contributed by atoms with Crippen molar-refractivity contribution in [2.45, 2.75) is 367 Å². The molecule has 112 heavy (non-hydrogen) atoms. The summed E-state index contributed by atoms with van der Waals surface area (Å²) >= 11 is 0. The van der Waals surface area contributed by atoms with E-state index < -0.39 is 59.4 Å². The van der Waals surface area contributed by atoms with Crippen molar-refractivity contribution in [1.29, 1.82) is 0 Å². The second kappa shape index (κ2) is 59.9. The van der Waals surface area contributed by atoms with E-state index in [0.717, 1.165) is 74.5 Å².